The minimum atomic E-state index is -2.30. The molecule has 4 fully saturated rings. The Bertz CT molecular complexity index is 3110. The molecule has 37 heteroatoms. The van der Waals surface area contributed by atoms with Gasteiger partial charge in [0.05, 0.1) is 30.5 Å². The molecular weight excluding hydrogens is 1370 g/mol. The molecule has 0 bridgehead atoms. The Morgan fingerprint density at radius 2 is 0.755 bits per heavy atom. The number of carbonyl (C=O) groups is 14. The van der Waals surface area contributed by atoms with Crippen LogP contribution in [-0.4, -0.2) is 257 Å². The first-order valence-electron chi connectivity index (χ1n) is 32.2. The van der Waals surface area contributed by atoms with Crippen LogP contribution in [0.4, 0.5) is 0 Å². The third-order valence-corrected chi connectivity index (χ3v) is 15.2. The largest absolute Gasteiger partial charge is 0.463 e. The molecule has 1 aromatic carbocycles. The molecule has 4 saturated heterocycles. The molecule has 0 saturated carbocycles. The molecule has 1 aromatic rings. The van der Waals surface area contributed by atoms with Crippen LogP contribution < -0.4 is 5.32 Å². The first kappa shape index (κ1) is 84.1. The van der Waals surface area contributed by atoms with Crippen LogP contribution in [0.2, 0.25) is 0 Å². The first-order chi connectivity index (χ1) is 47.8. The molecule has 570 valence electrons. The zero-order valence-corrected chi connectivity index (χ0v) is 59.3. The Morgan fingerprint density at radius 1 is 0.373 bits per heavy atom. The van der Waals surface area contributed by atoms with E-state index < -0.39 is 257 Å². The van der Waals surface area contributed by atoms with Crippen molar-refractivity contribution in [2.45, 2.75) is 265 Å². The van der Waals surface area contributed by atoms with E-state index in [9.17, 15) is 67.1 Å². The maximum atomic E-state index is 13.9. The van der Waals surface area contributed by atoms with Crippen LogP contribution in [0.25, 0.3) is 0 Å². The van der Waals surface area contributed by atoms with Gasteiger partial charge in [-0.3, -0.25) is 62.3 Å². The normalized spacial score (nSPS) is 30.2. The van der Waals surface area contributed by atoms with E-state index in [-0.39, 0.29) is 5.56 Å². The third kappa shape index (κ3) is 25.4. The second kappa shape index (κ2) is 39.2. The van der Waals surface area contributed by atoms with Gasteiger partial charge in [-0.15, -0.1) is 0 Å². The molecule has 37 nitrogen and oxygen atoms in total. The molecule has 4 aliphatic rings. The Kier molecular flexibility index (Phi) is 32.3. The van der Waals surface area contributed by atoms with E-state index in [4.69, 9.17) is 104 Å². The predicted molar refractivity (Wildman–Crippen MR) is 330 cm³/mol. The van der Waals surface area contributed by atoms with Gasteiger partial charge in [0.15, 0.2) is 86.2 Å². The predicted octanol–water partition coefficient (Wildman–Crippen LogP) is 0.697. The highest BCUT2D eigenvalue weighted by molar-refractivity contribution is 5.89. The number of carbonyl (C=O) groups excluding carboxylic acids is 14. The van der Waals surface area contributed by atoms with Crippen molar-refractivity contribution >= 4 is 83.5 Å². The van der Waals surface area contributed by atoms with Gasteiger partial charge >= 0.3 is 77.6 Å². The lowest BCUT2D eigenvalue weighted by Crippen LogP contribution is -2.71. The maximum absolute atomic E-state index is 13.9. The monoisotopic (exact) mass is 1460 g/mol. The van der Waals surface area contributed by atoms with E-state index in [1.165, 1.54) is 39.8 Å². The van der Waals surface area contributed by atoms with Gasteiger partial charge in [0.1, 0.15) is 62.5 Å². The first-order valence-corrected chi connectivity index (χ1v) is 32.2. The van der Waals surface area contributed by atoms with Gasteiger partial charge in [0, 0.05) is 90.0 Å². The highest BCUT2D eigenvalue weighted by Crippen LogP contribution is 2.40. The van der Waals surface area contributed by atoms with Gasteiger partial charge in [-0.05, 0) is 39.8 Å². The summed E-state index contributed by atoms with van der Waals surface area (Å²) in [6, 6.07) is 6.00. The van der Waals surface area contributed by atoms with E-state index in [0.29, 0.717) is 0 Å². The fourth-order valence-corrected chi connectivity index (χ4v) is 11.2. The Morgan fingerprint density at radius 3 is 1.19 bits per heavy atom. The second-order valence-electron chi connectivity index (χ2n) is 23.9. The zero-order chi connectivity index (χ0) is 76.1. The molecular formula is C65H89NO36. The van der Waals surface area contributed by atoms with E-state index in [1.54, 1.807) is 18.2 Å². The van der Waals surface area contributed by atoms with E-state index in [2.05, 4.69) is 5.32 Å². The van der Waals surface area contributed by atoms with Gasteiger partial charge < -0.3 is 110 Å². The van der Waals surface area contributed by atoms with E-state index in [0.717, 1.165) is 90.0 Å². The van der Waals surface area contributed by atoms with Gasteiger partial charge in [0.2, 0.25) is 5.91 Å². The summed E-state index contributed by atoms with van der Waals surface area (Å²) in [4.78, 5) is 183. The van der Waals surface area contributed by atoms with Crippen molar-refractivity contribution in [1.29, 1.82) is 0 Å². The SMILES string of the molecule is CC(=O)NC1[C@H](OC[C@@H](OC(C)=O)C(COC(C)=O)O[C@@H](C)[C@H](C)OC(=O)c2ccccc2)OC(COC(C)=O)[C@@H](O[C@@H]2OC(COC(C)=O)[C@H](OC(C)=O)[C@H](OC(C)=O)C2O[C@@H]2OC(C)[C@@H](OC(C)=O)C(OC(C)=O)[C@@H]2OC(C)=O)[C@@H]1O[C@@H]1OC(C)[C@@H](OC(C)=O)[C@@H](OC(C)=O)C1OC(C)=O. The lowest BCUT2D eigenvalue weighted by molar-refractivity contribution is -0.393. The van der Waals surface area contributed by atoms with Crippen molar-refractivity contribution in [3.05, 3.63) is 35.9 Å². The van der Waals surface area contributed by atoms with Crippen molar-refractivity contribution in [1.82, 2.24) is 5.32 Å². The maximum Gasteiger partial charge on any atom is 0.338 e. The van der Waals surface area contributed by atoms with Crippen LogP contribution in [0.15, 0.2) is 30.3 Å². The Balaban J connectivity index is 1.83. The third-order valence-electron chi connectivity index (χ3n) is 15.2. The quantitative estimate of drug-likeness (QED) is 0.0789. The molecule has 4 heterocycles. The number of nitrogens with one attached hydrogen (secondary N) is 1. The summed E-state index contributed by atoms with van der Waals surface area (Å²) in [5.41, 5.74) is 0.191. The number of hydrogen-bond acceptors (Lipinski definition) is 36. The molecule has 0 aromatic heterocycles. The summed E-state index contributed by atoms with van der Waals surface area (Å²) in [5.74, 6) is -13.6. The minimum absolute atomic E-state index is 0.191. The molecule has 1 amide bonds. The molecule has 0 aliphatic carbocycles. The molecule has 1 N–H and O–H groups in total. The van der Waals surface area contributed by atoms with Crippen molar-refractivity contribution in [3.63, 3.8) is 0 Å². The number of benzene rings is 1. The minimum Gasteiger partial charge on any atom is -0.463 e. The Labute approximate surface area is 585 Å². The highest BCUT2D eigenvalue weighted by atomic mass is 16.8. The average molecular weight is 1460 g/mol. The molecule has 0 spiro atoms. The van der Waals surface area contributed by atoms with Crippen LogP contribution in [-0.2, 0) is 167 Å². The van der Waals surface area contributed by atoms with Gasteiger partial charge in [-0.25, -0.2) is 4.79 Å². The molecule has 5 rings (SSSR count). The number of hydrogen-bond donors (Lipinski definition) is 1. The second-order valence-corrected chi connectivity index (χ2v) is 23.9. The number of rotatable bonds is 31. The molecule has 4 aliphatic heterocycles. The van der Waals surface area contributed by atoms with Crippen molar-refractivity contribution in [2.75, 3.05) is 26.4 Å². The molecule has 102 heavy (non-hydrogen) atoms. The van der Waals surface area contributed by atoms with E-state index >= 15 is 0 Å². The van der Waals surface area contributed by atoms with Crippen molar-refractivity contribution in [3.8, 4) is 0 Å². The standard InChI is InChI=1S/C65H89NO36/c1-27(28(2)86-61(80)44-21-19-18-20-22-44)85-45(23-81-32(6)68)46(89-35(9)71)24-84-62-49(66-31(5)67)54(101-63-58(96-42(16)78)55(93-39(13)75)50(29(3)87-63)90-36(10)72)52(47(98-62)25-82-33(7)69)100-65-60(57(95-41(15)77)53(92-38(12)74)48(99-65)26-83-34(8)70)102-64-59(97-43(17)79)56(94-40(14)76)51(30(4)88-64)91-37(11)73/h18-22,27-30,45-60,62-65H,23-26H2,1-17H3,(H,66,67)/t27-,28-,29?,30?,45?,46+,47?,48?,49?,50+,51+,52+,53-,54+,55+,56?,57-,58?,59-,60?,62+,63-,64-,65-/m0/s1. The van der Waals surface area contributed by atoms with Crippen LogP contribution in [0, 0.1) is 0 Å². The summed E-state index contributed by atoms with van der Waals surface area (Å²) < 4.78 is 132. The smallest absolute Gasteiger partial charge is 0.338 e. The van der Waals surface area contributed by atoms with Gasteiger partial charge in [-0.1, -0.05) is 18.2 Å². The highest BCUT2D eigenvalue weighted by Gasteiger charge is 2.61. The van der Waals surface area contributed by atoms with Crippen LogP contribution in [0.5, 0.6) is 0 Å². The lowest BCUT2D eigenvalue weighted by Gasteiger charge is -2.52. The molecule has 24 atom stereocenters. The van der Waals surface area contributed by atoms with Gasteiger partial charge in [-0.2, -0.15) is 0 Å². The number of esters is 13. The van der Waals surface area contributed by atoms with Crippen LogP contribution in [0.3, 0.4) is 0 Å². The summed E-state index contributed by atoms with van der Waals surface area (Å²) in [5, 5.41) is 2.65. The topological polar surface area (TPSA) is 454 Å². The summed E-state index contributed by atoms with van der Waals surface area (Å²) in [7, 11) is 0. The van der Waals surface area contributed by atoms with E-state index in [1.807, 2.05) is 0 Å². The zero-order valence-electron chi connectivity index (χ0n) is 59.3. The summed E-state index contributed by atoms with van der Waals surface area (Å²) >= 11 is 0. The summed E-state index contributed by atoms with van der Waals surface area (Å²) in [6.45, 7) is 15.2. The van der Waals surface area contributed by atoms with Crippen molar-refractivity contribution < 1.29 is 171 Å². The summed E-state index contributed by atoms with van der Waals surface area (Å²) in [6.07, 6.45) is -41.1. The van der Waals surface area contributed by atoms with Crippen molar-refractivity contribution in [2.24, 2.45) is 0 Å². The lowest BCUT2D eigenvalue weighted by atomic mass is 9.93. The number of amides is 1. The molecule has 9 unspecified atom stereocenters. The van der Waals surface area contributed by atoms with Crippen LogP contribution >= 0.6 is 0 Å². The Hall–Kier alpha value is -8.56. The van der Waals surface area contributed by atoms with Crippen LogP contribution in [0.1, 0.15) is 128 Å². The molecule has 0 radical (unpaired) electrons. The van der Waals surface area contributed by atoms with Gasteiger partial charge in [0.25, 0.3) is 0 Å². The number of ether oxygens (including phenoxy) is 22. The fraction of sp³-hybridized carbons (Fsp3) is 0.692. The average Bonchev–Trinajstić information content (AvgIpc) is 0.759. The fourth-order valence-electron chi connectivity index (χ4n) is 11.2.